The summed E-state index contributed by atoms with van der Waals surface area (Å²) in [6, 6.07) is 15.3. The van der Waals surface area contributed by atoms with Crippen LogP contribution in [0, 0.1) is 16.4 Å². The zero-order chi connectivity index (χ0) is 14.1. The van der Waals surface area contributed by atoms with Gasteiger partial charge in [0, 0.05) is 14.3 Å². The fraction of sp³-hybridized carbons (Fsp3) is 0.294. The third kappa shape index (κ3) is 3.29. The van der Waals surface area contributed by atoms with Crippen LogP contribution in [0.3, 0.4) is 0 Å². The van der Waals surface area contributed by atoms with Crippen LogP contribution >= 0.6 is 34.2 Å². The molecule has 2 aromatic carbocycles. The van der Waals surface area contributed by atoms with E-state index in [-0.39, 0.29) is 0 Å². The van der Waals surface area contributed by atoms with Crippen molar-refractivity contribution < 1.29 is 0 Å². The lowest BCUT2D eigenvalue weighted by Gasteiger charge is -2.21. The average Bonchev–Trinajstić information content (AvgIpc) is 3.24. The molecule has 3 rings (SSSR count). The summed E-state index contributed by atoms with van der Waals surface area (Å²) in [5.41, 5.74) is 3.86. The highest BCUT2D eigenvalue weighted by Crippen LogP contribution is 2.43. The molecule has 1 fully saturated rings. The number of nitrogens with one attached hydrogen (secondary N) is 1. The molecule has 1 N–H and O–H groups in total. The third-order valence-electron chi connectivity index (χ3n) is 3.77. The van der Waals surface area contributed by atoms with Gasteiger partial charge in [0.25, 0.3) is 0 Å². The first kappa shape index (κ1) is 14.2. The Morgan fingerprint density at radius 3 is 2.45 bits per heavy atom. The van der Waals surface area contributed by atoms with E-state index in [0.29, 0.717) is 6.04 Å². The van der Waals surface area contributed by atoms with Crippen LogP contribution in [-0.4, -0.2) is 0 Å². The molecule has 0 heterocycles. The van der Waals surface area contributed by atoms with E-state index in [1.54, 1.807) is 0 Å². The lowest BCUT2D eigenvalue weighted by atomic mass is 10.0. The average molecular weight is 398 g/mol. The third-order valence-corrected chi connectivity index (χ3v) is 4.90. The van der Waals surface area contributed by atoms with Crippen molar-refractivity contribution in [3.05, 3.63) is 62.2 Å². The van der Waals surface area contributed by atoms with Gasteiger partial charge in [-0.25, -0.2) is 0 Å². The maximum Gasteiger partial charge on any atom is 0.0542 e. The molecule has 0 saturated heterocycles. The Morgan fingerprint density at radius 1 is 1.15 bits per heavy atom. The molecule has 1 saturated carbocycles. The van der Waals surface area contributed by atoms with Gasteiger partial charge in [-0.1, -0.05) is 41.4 Å². The van der Waals surface area contributed by atoms with Crippen molar-refractivity contribution in [1.29, 1.82) is 0 Å². The monoisotopic (exact) mass is 397 g/mol. The SMILES string of the molecule is Cc1ccc(C(Nc2ccc(Cl)cc2I)C2CC2)cc1. The summed E-state index contributed by atoms with van der Waals surface area (Å²) in [5.74, 6) is 0.754. The summed E-state index contributed by atoms with van der Waals surface area (Å²) in [7, 11) is 0. The maximum absolute atomic E-state index is 6.03. The van der Waals surface area contributed by atoms with Crippen LogP contribution in [0.4, 0.5) is 5.69 Å². The molecule has 1 atom stereocenters. The maximum atomic E-state index is 6.03. The van der Waals surface area contributed by atoms with Crippen molar-refractivity contribution in [3.8, 4) is 0 Å². The molecule has 104 valence electrons. The Bertz CT molecular complexity index is 605. The van der Waals surface area contributed by atoms with Gasteiger partial charge in [0.05, 0.1) is 6.04 Å². The van der Waals surface area contributed by atoms with Crippen LogP contribution in [0.1, 0.15) is 30.0 Å². The quantitative estimate of drug-likeness (QED) is 0.641. The van der Waals surface area contributed by atoms with Gasteiger partial charge >= 0.3 is 0 Å². The van der Waals surface area contributed by atoms with Gasteiger partial charge < -0.3 is 5.32 Å². The van der Waals surface area contributed by atoms with E-state index < -0.39 is 0 Å². The number of hydrogen-bond acceptors (Lipinski definition) is 1. The second-order valence-electron chi connectivity index (χ2n) is 5.49. The normalized spacial score (nSPS) is 15.9. The minimum absolute atomic E-state index is 0.408. The van der Waals surface area contributed by atoms with E-state index in [2.05, 4.69) is 65.2 Å². The van der Waals surface area contributed by atoms with Crippen LogP contribution in [-0.2, 0) is 0 Å². The van der Waals surface area contributed by atoms with Crippen LogP contribution in [0.25, 0.3) is 0 Å². The van der Waals surface area contributed by atoms with Crippen LogP contribution in [0.5, 0.6) is 0 Å². The van der Waals surface area contributed by atoms with Crippen molar-refractivity contribution in [2.24, 2.45) is 5.92 Å². The Kier molecular flexibility index (Phi) is 4.22. The number of benzene rings is 2. The van der Waals surface area contributed by atoms with E-state index in [4.69, 9.17) is 11.6 Å². The fourth-order valence-corrected chi connectivity index (χ4v) is 3.48. The standard InChI is InChI=1S/C17H17ClIN/c1-11-2-4-12(5-3-11)17(13-6-7-13)20-16-9-8-14(18)10-15(16)19/h2-5,8-10,13,17,20H,6-7H2,1H3. The highest BCUT2D eigenvalue weighted by atomic mass is 127. The summed E-state index contributed by atoms with van der Waals surface area (Å²) in [4.78, 5) is 0. The molecule has 0 aliphatic heterocycles. The molecule has 0 aromatic heterocycles. The predicted molar refractivity (Wildman–Crippen MR) is 94.4 cm³/mol. The van der Waals surface area contributed by atoms with Gasteiger partial charge in [0.1, 0.15) is 0 Å². The predicted octanol–water partition coefficient (Wildman–Crippen LogP) is 5.82. The Morgan fingerprint density at radius 2 is 1.85 bits per heavy atom. The molecule has 1 aliphatic rings. The first-order valence-corrected chi connectivity index (χ1v) is 8.37. The Balaban J connectivity index is 1.86. The van der Waals surface area contributed by atoms with Crippen LogP contribution in [0.15, 0.2) is 42.5 Å². The number of anilines is 1. The second kappa shape index (κ2) is 5.94. The minimum atomic E-state index is 0.408. The van der Waals surface area contributed by atoms with E-state index in [1.165, 1.54) is 33.2 Å². The molecule has 1 aliphatic carbocycles. The summed E-state index contributed by atoms with van der Waals surface area (Å²) in [6.07, 6.45) is 2.63. The molecule has 1 unspecified atom stereocenters. The summed E-state index contributed by atoms with van der Waals surface area (Å²) in [6.45, 7) is 2.13. The molecular weight excluding hydrogens is 381 g/mol. The van der Waals surface area contributed by atoms with Crippen molar-refractivity contribution >= 4 is 39.9 Å². The number of halogens is 2. The Hall–Kier alpha value is -0.740. The van der Waals surface area contributed by atoms with Crippen LogP contribution < -0.4 is 5.32 Å². The molecule has 3 heteroatoms. The zero-order valence-electron chi connectivity index (χ0n) is 11.4. The number of aryl methyl sites for hydroxylation is 1. The van der Waals surface area contributed by atoms with Crippen molar-refractivity contribution in [3.63, 3.8) is 0 Å². The molecule has 1 nitrogen and oxygen atoms in total. The largest absolute Gasteiger partial charge is 0.377 e. The van der Waals surface area contributed by atoms with Crippen molar-refractivity contribution in [1.82, 2.24) is 0 Å². The number of hydrogen-bond donors (Lipinski definition) is 1. The Labute approximate surface area is 138 Å². The van der Waals surface area contributed by atoms with E-state index in [9.17, 15) is 0 Å². The molecule has 0 amide bonds. The second-order valence-corrected chi connectivity index (χ2v) is 7.09. The minimum Gasteiger partial charge on any atom is -0.377 e. The zero-order valence-corrected chi connectivity index (χ0v) is 14.3. The summed E-state index contributed by atoms with van der Waals surface area (Å²) >= 11 is 8.37. The van der Waals surface area contributed by atoms with Gasteiger partial charge in [-0.3, -0.25) is 0 Å². The summed E-state index contributed by atoms with van der Waals surface area (Å²) in [5, 5.41) is 4.50. The van der Waals surface area contributed by atoms with E-state index >= 15 is 0 Å². The molecular formula is C17H17ClIN. The lowest BCUT2D eigenvalue weighted by Crippen LogP contribution is -2.13. The van der Waals surface area contributed by atoms with Gasteiger partial charge in [-0.05, 0) is 72.0 Å². The van der Waals surface area contributed by atoms with Crippen molar-refractivity contribution in [2.45, 2.75) is 25.8 Å². The van der Waals surface area contributed by atoms with E-state index in [0.717, 1.165) is 10.9 Å². The first-order chi connectivity index (χ1) is 9.63. The van der Waals surface area contributed by atoms with Gasteiger partial charge in [0.15, 0.2) is 0 Å². The molecule has 20 heavy (non-hydrogen) atoms. The van der Waals surface area contributed by atoms with Gasteiger partial charge in [0.2, 0.25) is 0 Å². The first-order valence-electron chi connectivity index (χ1n) is 6.91. The fourth-order valence-electron chi connectivity index (χ4n) is 2.45. The van der Waals surface area contributed by atoms with E-state index in [1.807, 2.05) is 12.1 Å². The topological polar surface area (TPSA) is 12.0 Å². The van der Waals surface area contributed by atoms with Gasteiger partial charge in [-0.2, -0.15) is 0 Å². The lowest BCUT2D eigenvalue weighted by molar-refractivity contribution is 0.678. The molecule has 2 aromatic rings. The van der Waals surface area contributed by atoms with Crippen molar-refractivity contribution in [2.75, 3.05) is 5.32 Å². The number of rotatable bonds is 4. The molecule has 0 spiro atoms. The highest BCUT2D eigenvalue weighted by Gasteiger charge is 2.32. The molecule has 0 radical (unpaired) electrons. The smallest absolute Gasteiger partial charge is 0.0542 e. The molecule has 0 bridgehead atoms. The van der Waals surface area contributed by atoms with Crippen LogP contribution in [0.2, 0.25) is 5.02 Å². The summed E-state index contributed by atoms with van der Waals surface area (Å²) < 4.78 is 1.17. The van der Waals surface area contributed by atoms with Gasteiger partial charge in [-0.15, -0.1) is 0 Å². The highest BCUT2D eigenvalue weighted by molar-refractivity contribution is 14.1.